The van der Waals surface area contributed by atoms with Crippen LogP contribution in [0.4, 0.5) is 0 Å². The molecule has 1 heterocycles. The Kier molecular flexibility index (Phi) is 4.33. The van der Waals surface area contributed by atoms with Gasteiger partial charge in [-0.1, -0.05) is 6.42 Å². The number of nitrogens with one attached hydrogen (secondary N) is 1. The molecule has 2 N–H and O–H groups in total. The summed E-state index contributed by atoms with van der Waals surface area (Å²) < 4.78 is 6.73. The van der Waals surface area contributed by atoms with Crippen molar-refractivity contribution in [1.82, 2.24) is 5.32 Å². The van der Waals surface area contributed by atoms with Gasteiger partial charge in [-0.3, -0.25) is 0 Å². The summed E-state index contributed by atoms with van der Waals surface area (Å²) in [7, 11) is 1.56. The topological polar surface area (TPSA) is 41.5 Å². The van der Waals surface area contributed by atoms with E-state index in [2.05, 4.69) is 37.2 Å². The van der Waals surface area contributed by atoms with E-state index in [1.807, 2.05) is 6.07 Å². The van der Waals surface area contributed by atoms with E-state index in [0.29, 0.717) is 16.3 Å². The van der Waals surface area contributed by atoms with Crippen LogP contribution in [0.2, 0.25) is 0 Å². The van der Waals surface area contributed by atoms with Crippen molar-refractivity contribution in [3.05, 3.63) is 20.6 Å². The number of piperidine rings is 1. The summed E-state index contributed by atoms with van der Waals surface area (Å²) in [5.41, 5.74) is 1.13. The molecule has 1 fully saturated rings. The molecule has 1 aromatic carbocycles. The summed E-state index contributed by atoms with van der Waals surface area (Å²) in [5.74, 6) is 0.640. The van der Waals surface area contributed by atoms with Crippen LogP contribution in [0.15, 0.2) is 15.0 Å². The predicted molar refractivity (Wildman–Crippen MR) is 74.7 cm³/mol. The molecule has 0 amide bonds. The second-order valence-electron chi connectivity index (χ2n) is 4.15. The molecule has 3 nitrogen and oxygen atoms in total. The molecule has 0 aliphatic carbocycles. The monoisotopic (exact) mass is 363 g/mol. The Labute approximate surface area is 118 Å². The Morgan fingerprint density at radius 1 is 1.35 bits per heavy atom. The first-order valence-corrected chi connectivity index (χ1v) is 7.22. The standard InChI is InChI=1S/C12H15Br2NO2/c1-17-9-6-7(8-4-2-3-5-15-8)10(13)11(14)12(9)16/h6,8,15-16H,2-5H2,1H3/t8-/m0/s1. The highest BCUT2D eigenvalue weighted by Gasteiger charge is 2.22. The van der Waals surface area contributed by atoms with Gasteiger partial charge in [0.1, 0.15) is 0 Å². The third-order valence-corrected chi connectivity index (χ3v) is 5.24. The van der Waals surface area contributed by atoms with Crippen LogP contribution in [0.3, 0.4) is 0 Å². The van der Waals surface area contributed by atoms with Crippen molar-refractivity contribution in [2.24, 2.45) is 0 Å². The van der Waals surface area contributed by atoms with Crippen LogP contribution in [0, 0.1) is 0 Å². The SMILES string of the molecule is COc1cc([C@@H]2CCCCN2)c(Br)c(Br)c1O. The van der Waals surface area contributed by atoms with E-state index >= 15 is 0 Å². The Morgan fingerprint density at radius 3 is 2.71 bits per heavy atom. The third-order valence-electron chi connectivity index (χ3n) is 3.08. The van der Waals surface area contributed by atoms with Gasteiger partial charge in [-0.05, 0) is 62.9 Å². The Balaban J connectivity index is 2.42. The van der Waals surface area contributed by atoms with E-state index < -0.39 is 0 Å². The fourth-order valence-corrected chi connectivity index (χ4v) is 3.14. The molecule has 0 radical (unpaired) electrons. The molecule has 2 rings (SSSR count). The van der Waals surface area contributed by atoms with Gasteiger partial charge in [0.15, 0.2) is 11.5 Å². The molecule has 0 unspecified atom stereocenters. The lowest BCUT2D eigenvalue weighted by molar-refractivity contribution is 0.366. The van der Waals surface area contributed by atoms with Crippen LogP contribution in [0.25, 0.3) is 0 Å². The number of hydrogen-bond donors (Lipinski definition) is 2. The minimum absolute atomic E-state index is 0.138. The van der Waals surface area contributed by atoms with E-state index in [9.17, 15) is 5.11 Å². The maximum Gasteiger partial charge on any atom is 0.173 e. The van der Waals surface area contributed by atoms with Crippen LogP contribution in [-0.4, -0.2) is 18.8 Å². The second kappa shape index (κ2) is 5.59. The zero-order valence-electron chi connectivity index (χ0n) is 9.59. The van der Waals surface area contributed by atoms with E-state index in [1.54, 1.807) is 7.11 Å². The van der Waals surface area contributed by atoms with Gasteiger partial charge < -0.3 is 15.2 Å². The second-order valence-corrected chi connectivity index (χ2v) is 5.73. The van der Waals surface area contributed by atoms with Crippen molar-refractivity contribution in [2.75, 3.05) is 13.7 Å². The van der Waals surface area contributed by atoms with Gasteiger partial charge in [-0.15, -0.1) is 0 Å². The molecule has 0 bridgehead atoms. The van der Waals surface area contributed by atoms with E-state index in [-0.39, 0.29) is 5.75 Å². The third kappa shape index (κ3) is 2.61. The Morgan fingerprint density at radius 2 is 2.12 bits per heavy atom. The van der Waals surface area contributed by atoms with Crippen molar-refractivity contribution >= 4 is 31.9 Å². The first-order chi connectivity index (χ1) is 8.15. The number of phenolic OH excluding ortho intramolecular Hbond substituents is 1. The highest BCUT2D eigenvalue weighted by molar-refractivity contribution is 9.13. The molecule has 0 aromatic heterocycles. The highest BCUT2D eigenvalue weighted by atomic mass is 79.9. The predicted octanol–water partition coefficient (Wildman–Crippen LogP) is 3.74. The average molecular weight is 365 g/mol. The van der Waals surface area contributed by atoms with Crippen LogP contribution in [0.5, 0.6) is 11.5 Å². The molecular formula is C12H15Br2NO2. The molecule has 94 valence electrons. The van der Waals surface area contributed by atoms with Gasteiger partial charge in [0.2, 0.25) is 0 Å². The summed E-state index contributed by atoms with van der Waals surface area (Å²) in [5, 5.41) is 13.4. The number of phenols is 1. The van der Waals surface area contributed by atoms with Crippen molar-refractivity contribution in [3.8, 4) is 11.5 Å². The number of ether oxygens (including phenoxy) is 1. The largest absolute Gasteiger partial charge is 0.503 e. The number of methoxy groups -OCH3 is 1. The molecule has 5 heteroatoms. The van der Waals surface area contributed by atoms with Gasteiger partial charge in [-0.25, -0.2) is 0 Å². The van der Waals surface area contributed by atoms with Crippen molar-refractivity contribution in [2.45, 2.75) is 25.3 Å². The number of hydrogen-bond acceptors (Lipinski definition) is 3. The first kappa shape index (κ1) is 13.2. The van der Waals surface area contributed by atoms with Gasteiger partial charge in [0, 0.05) is 10.5 Å². The number of halogens is 2. The summed E-state index contributed by atoms with van der Waals surface area (Å²) >= 11 is 6.91. The summed E-state index contributed by atoms with van der Waals surface area (Å²) in [6.07, 6.45) is 3.56. The zero-order valence-corrected chi connectivity index (χ0v) is 12.8. The van der Waals surface area contributed by atoms with Gasteiger partial charge >= 0.3 is 0 Å². The lowest BCUT2D eigenvalue weighted by Crippen LogP contribution is -2.27. The molecule has 0 saturated carbocycles. The molecule has 1 saturated heterocycles. The molecule has 1 aromatic rings. The first-order valence-electron chi connectivity index (χ1n) is 5.63. The maximum atomic E-state index is 9.88. The van der Waals surface area contributed by atoms with Gasteiger partial charge in [-0.2, -0.15) is 0 Å². The zero-order chi connectivity index (χ0) is 12.4. The summed E-state index contributed by atoms with van der Waals surface area (Å²) in [6.45, 7) is 1.04. The molecule has 0 spiro atoms. The average Bonchev–Trinajstić information content (AvgIpc) is 2.37. The lowest BCUT2D eigenvalue weighted by Gasteiger charge is -2.26. The maximum absolute atomic E-state index is 9.88. The van der Waals surface area contributed by atoms with Gasteiger partial charge in [0.25, 0.3) is 0 Å². The Hall–Kier alpha value is -0.260. The van der Waals surface area contributed by atoms with E-state index in [4.69, 9.17) is 4.74 Å². The lowest BCUT2D eigenvalue weighted by atomic mass is 9.97. The van der Waals surface area contributed by atoms with Gasteiger partial charge in [0.05, 0.1) is 11.6 Å². The minimum atomic E-state index is 0.138. The van der Waals surface area contributed by atoms with Crippen molar-refractivity contribution < 1.29 is 9.84 Å². The van der Waals surface area contributed by atoms with Crippen LogP contribution < -0.4 is 10.1 Å². The molecule has 1 aliphatic heterocycles. The fourth-order valence-electron chi connectivity index (χ4n) is 2.14. The molecule has 1 atom stereocenters. The van der Waals surface area contributed by atoms with E-state index in [1.165, 1.54) is 12.8 Å². The molecular weight excluding hydrogens is 350 g/mol. The quantitative estimate of drug-likeness (QED) is 0.839. The van der Waals surface area contributed by atoms with Crippen molar-refractivity contribution in [3.63, 3.8) is 0 Å². The number of benzene rings is 1. The number of rotatable bonds is 2. The smallest absolute Gasteiger partial charge is 0.173 e. The van der Waals surface area contributed by atoms with Crippen LogP contribution >= 0.6 is 31.9 Å². The fraction of sp³-hybridized carbons (Fsp3) is 0.500. The summed E-state index contributed by atoms with van der Waals surface area (Å²) in [4.78, 5) is 0. The molecule has 17 heavy (non-hydrogen) atoms. The molecule has 1 aliphatic rings. The van der Waals surface area contributed by atoms with Crippen LogP contribution in [-0.2, 0) is 0 Å². The minimum Gasteiger partial charge on any atom is -0.503 e. The van der Waals surface area contributed by atoms with Crippen molar-refractivity contribution in [1.29, 1.82) is 0 Å². The Bertz CT molecular complexity index is 417. The van der Waals surface area contributed by atoms with Crippen LogP contribution in [0.1, 0.15) is 30.9 Å². The normalized spacial score (nSPS) is 20.3. The summed E-state index contributed by atoms with van der Waals surface area (Å²) in [6, 6.07) is 2.22. The van der Waals surface area contributed by atoms with E-state index in [0.717, 1.165) is 23.0 Å². The number of aromatic hydroxyl groups is 1. The highest BCUT2D eigenvalue weighted by Crippen LogP contribution is 2.44.